The van der Waals surface area contributed by atoms with Crippen LogP contribution in [0.4, 0.5) is 0 Å². The number of aryl methyl sites for hydroxylation is 1. The first kappa shape index (κ1) is 19.4. The zero-order valence-electron chi connectivity index (χ0n) is 16.4. The summed E-state index contributed by atoms with van der Waals surface area (Å²) in [6.07, 6.45) is 2.42. The standard InChI is InChI=1S/C21H28N2O4/c1-4-26-14-16-6-5-11-23(13-16)20(24)12-19-15(2)27-21(22-19)17-7-9-18(25-3)10-8-17/h7-10,16H,4-6,11-14H2,1-3H3. The summed E-state index contributed by atoms with van der Waals surface area (Å²) in [7, 11) is 1.63. The fourth-order valence-corrected chi connectivity index (χ4v) is 3.42. The number of hydrogen-bond acceptors (Lipinski definition) is 5. The van der Waals surface area contributed by atoms with Gasteiger partial charge in [-0.05, 0) is 56.9 Å². The second-order valence-corrected chi connectivity index (χ2v) is 6.93. The van der Waals surface area contributed by atoms with Crippen molar-refractivity contribution in [3.63, 3.8) is 0 Å². The molecule has 1 aliphatic rings. The third-order valence-corrected chi connectivity index (χ3v) is 4.98. The lowest BCUT2D eigenvalue weighted by molar-refractivity contribution is -0.132. The number of benzene rings is 1. The first-order valence-electron chi connectivity index (χ1n) is 9.57. The highest BCUT2D eigenvalue weighted by molar-refractivity contribution is 5.78. The Bertz CT molecular complexity index is 754. The Hall–Kier alpha value is -2.34. The first-order chi connectivity index (χ1) is 13.1. The van der Waals surface area contributed by atoms with E-state index in [4.69, 9.17) is 13.9 Å². The smallest absolute Gasteiger partial charge is 0.228 e. The van der Waals surface area contributed by atoms with Gasteiger partial charge in [-0.15, -0.1) is 0 Å². The van der Waals surface area contributed by atoms with E-state index in [1.54, 1.807) is 7.11 Å². The van der Waals surface area contributed by atoms with Crippen molar-refractivity contribution in [2.24, 2.45) is 5.92 Å². The van der Waals surface area contributed by atoms with E-state index in [2.05, 4.69) is 4.98 Å². The number of aromatic nitrogens is 1. The van der Waals surface area contributed by atoms with Crippen molar-refractivity contribution in [2.45, 2.75) is 33.1 Å². The van der Waals surface area contributed by atoms with Crippen LogP contribution in [0.2, 0.25) is 0 Å². The van der Waals surface area contributed by atoms with Gasteiger partial charge in [-0.1, -0.05) is 0 Å². The van der Waals surface area contributed by atoms with Crippen LogP contribution in [0.1, 0.15) is 31.2 Å². The van der Waals surface area contributed by atoms with Gasteiger partial charge in [0.1, 0.15) is 11.5 Å². The highest BCUT2D eigenvalue weighted by atomic mass is 16.5. The Morgan fingerprint density at radius 2 is 2.11 bits per heavy atom. The number of nitrogens with zero attached hydrogens (tertiary/aromatic N) is 2. The Kier molecular flexibility index (Phi) is 6.50. The Labute approximate surface area is 160 Å². The van der Waals surface area contributed by atoms with Gasteiger partial charge >= 0.3 is 0 Å². The van der Waals surface area contributed by atoms with Crippen LogP contribution in [0.3, 0.4) is 0 Å². The molecule has 6 heteroatoms. The number of ether oxygens (including phenoxy) is 2. The molecule has 1 fully saturated rings. The van der Waals surface area contributed by atoms with Crippen molar-refractivity contribution in [1.29, 1.82) is 0 Å². The predicted molar refractivity (Wildman–Crippen MR) is 103 cm³/mol. The van der Waals surface area contributed by atoms with Crippen LogP contribution in [0.25, 0.3) is 11.5 Å². The highest BCUT2D eigenvalue weighted by Gasteiger charge is 2.25. The normalized spacial score (nSPS) is 17.1. The summed E-state index contributed by atoms with van der Waals surface area (Å²) in [6.45, 7) is 6.88. The van der Waals surface area contributed by atoms with Crippen molar-refractivity contribution in [1.82, 2.24) is 9.88 Å². The third-order valence-electron chi connectivity index (χ3n) is 4.98. The van der Waals surface area contributed by atoms with Gasteiger partial charge in [-0.25, -0.2) is 4.98 Å². The molecule has 27 heavy (non-hydrogen) atoms. The molecule has 6 nitrogen and oxygen atoms in total. The van der Waals surface area contributed by atoms with E-state index in [0.29, 0.717) is 23.3 Å². The average Bonchev–Trinajstić information content (AvgIpc) is 3.07. The maximum atomic E-state index is 12.8. The molecule has 1 aromatic carbocycles. The van der Waals surface area contributed by atoms with Gasteiger partial charge < -0.3 is 18.8 Å². The molecule has 0 aliphatic carbocycles. The van der Waals surface area contributed by atoms with Gasteiger partial charge in [0.2, 0.25) is 11.8 Å². The third kappa shape index (κ3) is 4.89. The van der Waals surface area contributed by atoms with Gasteiger partial charge in [-0.3, -0.25) is 4.79 Å². The minimum atomic E-state index is 0.105. The summed E-state index contributed by atoms with van der Waals surface area (Å²) in [5.74, 6) is 2.54. The Balaban J connectivity index is 1.64. The summed E-state index contributed by atoms with van der Waals surface area (Å²) in [4.78, 5) is 19.3. The quantitative estimate of drug-likeness (QED) is 0.744. The highest BCUT2D eigenvalue weighted by Crippen LogP contribution is 2.25. The molecule has 1 aromatic heterocycles. The van der Waals surface area contributed by atoms with Crippen molar-refractivity contribution < 1.29 is 18.7 Å². The van der Waals surface area contributed by atoms with E-state index in [0.717, 1.165) is 50.5 Å². The molecule has 146 valence electrons. The molecule has 1 unspecified atom stereocenters. The molecule has 1 aliphatic heterocycles. The van der Waals surface area contributed by atoms with Crippen LogP contribution in [-0.2, 0) is 16.0 Å². The number of methoxy groups -OCH3 is 1. The van der Waals surface area contributed by atoms with Crippen molar-refractivity contribution in [3.8, 4) is 17.2 Å². The van der Waals surface area contributed by atoms with E-state index < -0.39 is 0 Å². The van der Waals surface area contributed by atoms with Crippen LogP contribution in [0.15, 0.2) is 28.7 Å². The molecule has 1 saturated heterocycles. The van der Waals surface area contributed by atoms with E-state index in [9.17, 15) is 4.79 Å². The van der Waals surface area contributed by atoms with E-state index in [-0.39, 0.29) is 12.3 Å². The number of carbonyl (C=O) groups excluding carboxylic acids is 1. The minimum absolute atomic E-state index is 0.105. The number of likely N-dealkylation sites (tertiary alicyclic amines) is 1. The zero-order chi connectivity index (χ0) is 19.2. The van der Waals surface area contributed by atoms with E-state index in [1.165, 1.54) is 0 Å². The molecule has 1 amide bonds. The molecule has 0 saturated carbocycles. The largest absolute Gasteiger partial charge is 0.497 e. The number of hydrogen-bond donors (Lipinski definition) is 0. The zero-order valence-corrected chi connectivity index (χ0v) is 16.4. The summed E-state index contributed by atoms with van der Waals surface area (Å²) < 4.78 is 16.5. The van der Waals surface area contributed by atoms with Gasteiger partial charge in [-0.2, -0.15) is 0 Å². The second kappa shape index (κ2) is 9.04. The van der Waals surface area contributed by atoms with Crippen molar-refractivity contribution in [2.75, 3.05) is 33.4 Å². The fraction of sp³-hybridized carbons (Fsp3) is 0.524. The lowest BCUT2D eigenvalue weighted by Gasteiger charge is -2.32. The van der Waals surface area contributed by atoms with Crippen molar-refractivity contribution in [3.05, 3.63) is 35.7 Å². The lowest BCUT2D eigenvalue weighted by Crippen LogP contribution is -2.42. The molecule has 0 bridgehead atoms. The lowest BCUT2D eigenvalue weighted by atomic mass is 9.98. The summed E-state index contributed by atoms with van der Waals surface area (Å²) >= 11 is 0. The molecule has 0 radical (unpaired) electrons. The molecule has 0 spiro atoms. The SMILES string of the molecule is CCOCC1CCCN(C(=O)Cc2nc(-c3ccc(OC)cc3)oc2C)C1. The number of amides is 1. The molecule has 2 aromatic rings. The first-order valence-corrected chi connectivity index (χ1v) is 9.57. The van der Waals surface area contributed by atoms with Gasteiger partial charge in [0.05, 0.1) is 25.8 Å². The molecule has 2 heterocycles. The Morgan fingerprint density at radius 3 is 2.81 bits per heavy atom. The second-order valence-electron chi connectivity index (χ2n) is 6.93. The summed E-state index contributed by atoms with van der Waals surface area (Å²) in [5.41, 5.74) is 1.57. The van der Waals surface area contributed by atoms with Crippen LogP contribution in [-0.4, -0.2) is 49.2 Å². The van der Waals surface area contributed by atoms with Crippen LogP contribution in [0, 0.1) is 12.8 Å². The van der Waals surface area contributed by atoms with Crippen LogP contribution in [0.5, 0.6) is 5.75 Å². The molecule has 1 atom stereocenters. The molecule has 3 rings (SSSR count). The number of carbonyl (C=O) groups is 1. The van der Waals surface area contributed by atoms with Gasteiger partial charge in [0.15, 0.2) is 0 Å². The predicted octanol–water partition coefficient (Wildman–Crippen LogP) is 3.48. The van der Waals surface area contributed by atoms with E-state index in [1.807, 2.05) is 43.0 Å². The fourth-order valence-electron chi connectivity index (χ4n) is 3.42. The van der Waals surface area contributed by atoms with Gasteiger partial charge in [0.25, 0.3) is 0 Å². The van der Waals surface area contributed by atoms with Crippen LogP contribution >= 0.6 is 0 Å². The van der Waals surface area contributed by atoms with Gasteiger partial charge in [0, 0.05) is 25.3 Å². The number of piperidine rings is 1. The summed E-state index contributed by atoms with van der Waals surface area (Å²) in [5, 5.41) is 0. The van der Waals surface area contributed by atoms with E-state index >= 15 is 0 Å². The maximum absolute atomic E-state index is 12.8. The number of rotatable bonds is 7. The van der Waals surface area contributed by atoms with Crippen molar-refractivity contribution >= 4 is 5.91 Å². The average molecular weight is 372 g/mol. The Morgan fingerprint density at radius 1 is 1.33 bits per heavy atom. The maximum Gasteiger partial charge on any atom is 0.228 e. The minimum Gasteiger partial charge on any atom is -0.497 e. The molecular formula is C21H28N2O4. The number of oxazole rings is 1. The molecular weight excluding hydrogens is 344 g/mol. The topological polar surface area (TPSA) is 64.8 Å². The van der Waals surface area contributed by atoms with Crippen LogP contribution < -0.4 is 4.74 Å². The summed E-state index contributed by atoms with van der Waals surface area (Å²) in [6, 6.07) is 7.54. The molecule has 0 N–H and O–H groups in total. The monoisotopic (exact) mass is 372 g/mol.